The van der Waals surface area contributed by atoms with E-state index >= 15 is 0 Å². The third-order valence-corrected chi connectivity index (χ3v) is 4.95. The predicted octanol–water partition coefficient (Wildman–Crippen LogP) is 4.17. The highest BCUT2D eigenvalue weighted by Gasteiger charge is 2.20. The Labute approximate surface area is 165 Å². The largest absolute Gasteiger partial charge is 0.507 e. The minimum absolute atomic E-state index is 0.0509. The van der Waals surface area contributed by atoms with Gasteiger partial charge in [-0.3, -0.25) is 4.79 Å². The van der Waals surface area contributed by atoms with Crippen LogP contribution in [0.1, 0.15) is 26.8 Å². The minimum Gasteiger partial charge on any atom is -0.507 e. The van der Waals surface area contributed by atoms with Crippen molar-refractivity contribution in [3.8, 4) is 5.75 Å². The van der Waals surface area contributed by atoms with E-state index in [1.807, 2.05) is 47.8 Å². The molecule has 7 heteroatoms. The number of aromatic hydroxyl groups is 1. The number of amides is 1. The number of phenolic OH excluding ortho intramolecular Hbond substituents is 1. The molecule has 0 saturated heterocycles. The summed E-state index contributed by atoms with van der Waals surface area (Å²) >= 11 is 7.26. The molecule has 1 heterocycles. The van der Waals surface area contributed by atoms with Crippen LogP contribution in [0.25, 0.3) is 0 Å². The van der Waals surface area contributed by atoms with Crippen LogP contribution in [0.4, 0.5) is 0 Å². The van der Waals surface area contributed by atoms with Crippen LogP contribution >= 0.6 is 22.9 Å². The van der Waals surface area contributed by atoms with Crippen molar-refractivity contribution >= 4 is 34.8 Å². The molecule has 1 unspecified atom stereocenters. The average molecular weight is 402 g/mol. The minimum atomic E-state index is -0.799. The molecule has 0 saturated carbocycles. The number of hydrogen-bond donors (Lipinski definition) is 2. The third kappa shape index (κ3) is 4.87. The van der Waals surface area contributed by atoms with Gasteiger partial charge in [-0.25, -0.2) is 4.79 Å². The van der Waals surface area contributed by atoms with Gasteiger partial charge in [-0.05, 0) is 35.2 Å². The SMILES string of the molecule is O=C(COC(=O)c1ccc(Cl)cc1O)NC(c1ccccc1)c1cccs1. The number of carbonyl (C=O) groups is 2. The van der Waals surface area contributed by atoms with Crippen molar-refractivity contribution < 1.29 is 19.4 Å². The summed E-state index contributed by atoms with van der Waals surface area (Å²) in [5, 5.41) is 14.9. The molecule has 0 radical (unpaired) electrons. The average Bonchev–Trinajstić information content (AvgIpc) is 3.19. The number of carbonyl (C=O) groups excluding carboxylic acids is 2. The van der Waals surface area contributed by atoms with E-state index in [0.29, 0.717) is 5.02 Å². The van der Waals surface area contributed by atoms with Gasteiger partial charge in [-0.1, -0.05) is 48.0 Å². The van der Waals surface area contributed by atoms with Gasteiger partial charge in [-0.2, -0.15) is 0 Å². The van der Waals surface area contributed by atoms with Gasteiger partial charge in [-0.15, -0.1) is 11.3 Å². The maximum atomic E-state index is 12.3. The fraction of sp³-hybridized carbons (Fsp3) is 0.100. The molecule has 0 aliphatic carbocycles. The second-order valence-corrected chi connectivity index (χ2v) is 7.08. The van der Waals surface area contributed by atoms with E-state index in [4.69, 9.17) is 16.3 Å². The van der Waals surface area contributed by atoms with E-state index in [1.54, 1.807) is 0 Å². The number of esters is 1. The highest BCUT2D eigenvalue weighted by Crippen LogP contribution is 2.26. The molecule has 3 rings (SSSR count). The Bertz CT molecular complexity index is 928. The van der Waals surface area contributed by atoms with Gasteiger partial charge in [0.1, 0.15) is 11.3 Å². The van der Waals surface area contributed by atoms with Crippen molar-refractivity contribution in [1.82, 2.24) is 5.32 Å². The van der Waals surface area contributed by atoms with E-state index in [9.17, 15) is 14.7 Å². The summed E-state index contributed by atoms with van der Waals surface area (Å²) in [6, 6.07) is 17.1. The highest BCUT2D eigenvalue weighted by atomic mass is 35.5. The maximum Gasteiger partial charge on any atom is 0.342 e. The molecule has 0 aliphatic heterocycles. The van der Waals surface area contributed by atoms with Crippen LogP contribution in [-0.2, 0) is 9.53 Å². The van der Waals surface area contributed by atoms with E-state index in [2.05, 4.69) is 5.32 Å². The number of benzene rings is 2. The summed E-state index contributed by atoms with van der Waals surface area (Å²) in [4.78, 5) is 25.4. The molecular formula is C20H16ClNO4S. The van der Waals surface area contributed by atoms with Crippen molar-refractivity contribution in [3.63, 3.8) is 0 Å². The molecule has 1 aromatic heterocycles. The summed E-state index contributed by atoms with van der Waals surface area (Å²) in [5.74, 6) is -1.54. The molecule has 0 fully saturated rings. The molecule has 5 nitrogen and oxygen atoms in total. The number of hydrogen-bond acceptors (Lipinski definition) is 5. The lowest BCUT2D eigenvalue weighted by Gasteiger charge is -2.18. The predicted molar refractivity (Wildman–Crippen MR) is 104 cm³/mol. The van der Waals surface area contributed by atoms with Gasteiger partial charge in [0.25, 0.3) is 5.91 Å². The van der Waals surface area contributed by atoms with Crippen LogP contribution in [0, 0.1) is 0 Å². The molecular weight excluding hydrogens is 386 g/mol. The summed E-state index contributed by atoms with van der Waals surface area (Å²) in [5.41, 5.74) is 0.875. The first-order valence-corrected chi connectivity index (χ1v) is 9.33. The van der Waals surface area contributed by atoms with Crippen LogP contribution in [0.3, 0.4) is 0 Å². The fourth-order valence-electron chi connectivity index (χ4n) is 2.51. The maximum absolute atomic E-state index is 12.3. The van der Waals surface area contributed by atoms with Gasteiger partial charge < -0.3 is 15.2 Å². The number of thiophene rings is 1. The molecule has 0 aliphatic rings. The highest BCUT2D eigenvalue weighted by molar-refractivity contribution is 7.10. The Morgan fingerprint density at radius 1 is 1.11 bits per heavy atom. The smallest absolute Gasteiger partial charge is 0.342 e. The van der Waals surface area contributed by atoms with Gasteiger partial charge in [0.15, 0.2) is 6.61 Å². The van der Waals surface area contributed by atoms with Crippen LogP contribution in [-0.4, -0.2) is 23.6 Å². The van der Waals surface area contributed by atoms with Gasteiger partial charge in [0, 0.05) is 9.90 Å². The van der Waals surface area contributed by atoms with E-state index in [0.717, 1.165) is 10.4 Å². The van der Waals surface area contributed by atoms with Crippen LogP contribution in [0.5, 0.6) is 5.75 Å². The molecule has 2 aromatic carbocycles. The molecule has 0 spiro atoms. The number of ether oxygens (including phenoxy) is 1. The van der Waals surface area contributed by atoms with E-state index in [1.165, 1.54) is 29.5 Å². The molecule has 1 amide bonds. The molecule has 27 heavy (non-hydrogen) atoms. The molecule has 138 valence electrons. The third-order valence-electron chi connectivity index (χ3n) is 3.78. The van der Waals surface area contributed by atoms with Crippen molar-refractivity contribution in [2.45, 2.75) is 6.04 Å². The van der Waals surface area contributed by atoms with E-state index in [-0.39, 0.29) is 17.4 Å². The summed E-state index contributed by atoms with van der Waals surface area (Å²) < 4.78 is 5.01. The topological polar surface area (TPSA) is 75.6 Å². The Balaban J connectivity index is 1.65. The lowest BCUT2D eigenvalue weighted by molar-refractivity contribution is -0.124. The standard InChI is InChI=1S/C20H16ClNO4S/c21-14-8-9-15(16(23)11-14)20(25)26-12-18(24)22-19(17-7-4-10-27-17)13-5-2-1-3-6-13/h1-11,19,23H,12H2,(H,22,24). The Morgan fingerprint density at radius 3 is 2.56 bits per heavy atom. The summed E-state index contributed by atoms with van der Waals surface area (Å²) in [6.45, 7) is -0.463. The van der Waals surface area contributed by atoms with Crippen molar-refractivity contribution in [2.24, 2.45) is 0 Å². The Morgan fingerprint density at radius 2 is 1.89 bits per heavy atom. The molecule has 1 atom stereocenters. The number of nitrogens with one attached hydrogen (secondary N) is 1. The van der Waals surface area contributed by atoms with Gasteiger partial charge >= 0.3 is 5.97 Å². The molecule has 0 bridgehead atoms. The molecule has 3 aromatic rings. The normalized spacial score (nSPS) is 11.6. The Kier molecular flexibility index (Phi) is 6.11. The molecule has 2 N–H and O–H groups in total. The second-order valence-electron chi connectivity index (χ2n) is 5.66. The first-order chi connectivity index (χ1) is 13.0. The fourth-order valence-corrected chi connectivity index (χ4v) is 3.48. The summed E-state index contributed by atoms with van der Waals surface area (Å²) in [7, 11) is 0. The number of rotatable bonds is 6. The van der Waals surface area contributed by atoms with Gasteiger partial charge in [0.2, 0.25) is 0 Å². The zero-order valence-corrected chi connectivity index (χ0v) is 15.7. The van der Waals surface area contributed by atoms with Crippen molar-refractivity contribution in [2.75, 3.05) is 6.61 Å². The van der Waals surface area contributed by atoms with Crippen molar-refractivity contribution in [3.05, 3.63) is 87.1 Å². The lowest BCUT2D eigenvalue weighted by Crippen LogP contribution is -2.32. The zero-order chi connectivity index (χ0) is 19.2. The van der Waals surface area contributed by atoms with Crippen LogP contribution < -0.4 is 5.32 Å². The zero-order valence-electron chi connectivity index (χ0n) is 14.1. The summed E-state index contributed by atoms with van der Waals surface area (Å²) in [6.07, 6.45) is 0. The van der Waals surface area contributed by atoms with Crippen molar-refractivity contribution in [1.29, 1.82) is 0 Å². The lowest BCUT2D eigenvalue weighted by atomic mass is 10.1. The quantitative estimate of drug-likeness (QED) is 0.608. The van der Waals surface area contributed by atoms with Gasteiger partial charge in [0.05, 0.1) is 6.04 Å². The van der Waals surface area contributed by atoms with Crippen LogP contribution in [0.15, 0.2) is 66.0 Å². The second kappa shape index (κ2) is 8.70. The monoisotopic (exact) mass is 401 g/mol. The van der Waals surface area contributed by atoms with Crippen LogP contribution in [0.2, 0.25) is 5.02 Å². The number of halogens is 1. The Hall–Kier alpha value is -2.83. The number of phenols is 1. The first kappa shape index (κ1) is 18.9. The van der Waals surface area contributed by atoms with E-state index < -0.39 is 18.5 Å². The first-order valence-electron chi connectivity index (χ1n) is 8.08.